The van der Waals surface area contributed by atoms with Crippen molar-refractivity contribution in [3.05, 3.63) is 65.8 Å². The molecule has 0 radical (unpaired) electrons. The van der Waals surface area contributed by atoms with Crippen LogP contribution in [0.15, 0.2) is 53.1 Å². The number of piperidine rings is 1. The SMILES string of the molecule is O=C(C=Cc1ccc2c(c1)OCO2)N1CCCC(Cc2nc(-c3ccccc3F)no2)C1. The summed E-state index contributed by atoms with van der Waals surface area (Å²) >= 11 is 0. The van der Waals surface area contributed by atoms with E-state index in [0.29, 0.717) is 42.5 Å². The summed E-state index contributed by atoms with van der Waals surface area (Å²) in [6.45, 7) is 1.55. The van der Waals surface area contributed by atoms with Crippen LogP contribution in [0.1, 0.15) is 24.3 Å². The molecule has 32 heavy (non-hydrogen) atoms. The van der Waals surface area contributed by atoms with E-state index in [-0.39, 0.29) is 30.3 Å². The van der Waals surface area contributed by atoms with Crippen LogP contribution in [-0.4, -0.2) is 40.8 Å². The van der Waals surface area contributed by atoms with Crippen molar-refractivity contribution < 1.29 is 23.2 Å². The molecule has 1 fully saturated rings. The third-order valence-electron chi connectivity index (χ3n) is 5.69. The van der Waals surface area contributed by atoms with E-state index in [1.807, 2.05) is 23.1 Å². The Morgan fingerprint density at radius 3 is 2.97 bits per heavy atom. The first kappa shape index (κ1) is 20.2. The summed E-state index contributed by atoms with van der Waals surface area (Å²) in [5.41, 5.74) is 1.19. The number of amides is 1. The molecular weight excluding hydrogens is 413 g/mol. The number of fused-ring (bicyclic) bond motifs is 1. The molecule has 0 saturated carbocycles. The third kappa shape index (κ3) is 4.34. The number of hydrogen-bond donors (Lipinski definition) is 0. The van der Waals surface area contributed by atoms with Crippen molar-refractivity contribution in [2.45, 2.75) is 19.3 Å². The number of halogens is 1. The molecule has 0 spiro atoms. The van der Waals surface area contributed by atoms with Gasteiger partial charge < -0.3 is 18.9 Å². The molecule has 0 N–H and O–H groups in total. The van der Waals surface area contributed by atoms with Crippen LogP contribution in [0.2, 0.25) is 0 Å². The van der Waals surface area contributed by atoms with Crippen molar-refractivity contribution in [1.82, 2.24) is 15.0 Å². The lowest BCUT2D eigenvalue weighted by Gasteiger charge is -2.31. The highest BCUT2D eigenvalue weighted by molar-refractivity contribution is 5.92. The summed E-state index contributed by atoms with van der Waals surface area (Å²) in [4.78, 5) is 18.9. The molecule has 1 saturated heterocycles. The monoisotopic (exact) mass is 435 g/mol. The fraction of sp³-hybridized carbons (Fsp3) is 0.292. The van der Waals surface area contributed by atoms with Crippen molar-refractivity contribution in [3.63, 3.8) is 0 Å². The van der Waals surface area contributed by atoms with Gasteiger partial charge in [-0.2, -0.15) is 4.98 Å². The highest BCUT2D eigenvalue weighted by atomic mass is 19.1. The molecule has 3 aromatic rings. The minimum absolute atomic E-state index is 0.0371. The van der Waals surface area contributed by atoms with Crippen molar-refractivity contribution >= 4 is 12.0 Å². The second-order valence-electron chi connectivity index (χ2n) is 7.93. The van der Waals surface area contributed by atoms with Crippen LogP contribution in [0.4, 0.5) is 4.39 Å². The molecule has 1 aromatic heterocycles. The van der Waals surface area contributed by atoms with Crippen LogP contribution in [-0.2, 0) is 11.2 Å². The molecule has 5 rings (SSSR count). The fourth-order valence-corrected chi connectivity index (χ4v) is 4.06. The molecule has 2 aliphatic rings. The molecule has 1 unspecified atom stereocenters. The van der Waals surface area contributed by atoms with Gasteiger partial charge in [-0.3, -0.25) is 4.79 Å². The van der Waals surface area contributed by atoms with Crippen molar-refractivity contribution in [3.8, 4) is 22.9 Å². The number of rotatable bonds is 5. The Kier molecular flexibility index (Phi) is 5.58. The zero-order chi connectivity index (χ0) is 21.9. The minimum Gasteiger partial charge on any atom is -0.454 e. The topological polar surface area (TPSA) is 77.7 Å². The van der Waals surface area contributed by atoms with Gasteiger partial charge >= 0.3 is 0 Å². The van der Waals surface area contributed by atoms with E-state index in [1.165, 1.54) is 6.07 Å². The smallest absolute Gasteiger partial charge is 0.246 e. The molecule has 1 atom stereocenters. The van der Waals surface area contributed by atoms with Gasteiger partial charge in [0.15, 0.2) is 11.5 Å². The number of carbonyl (C=O) groups excluding carboxylic acids is 1. The first-order valence-corrected chi connectivity index (χ1v) is 10.6. The molecule has 2 aliphatic heterocycles. The Morgan fingerprint density at radius 2 is 2.06 bits per heavy atom. The summed E-state index contributed by atoms with van der Waals surface area (Å²) in [5.74, 6) is 1.89. The largest absolute Gasteiger partial charge is 0.454 e. The van der Waals surface area contributed by atoms with Crippen LogP contribution in [0.3, 0.4) is 0 Å². The number of carbonyl (C=O) groups is 1. The molecule has 1 amide bonds. The van der Waals surface area contributed by atoms with Crippen molar-refractivity contribution in [2.24, 2.45) is 5.92 Å². The van der Waals surface area contributed by atoms with Gasteiger partial charge in [0.05, 0.1) is 5.56 Å². The number of likely N-dealkylation sites (tertiary alicyclic amines) is 1. The zero-order valence-electron chi connectivity index (χ0n) is 17.4. The summed E-state index contributed by atoms with van der Waals surface area (Å²) in [6.07, 6.45) is 5.79. The third-order valence-corrected chi connectivity index (χ3v) is 5.69. The molecule has 3 heterocycles. The van der Waals surface area contributed by atoms with Gasteiger partial charge in [-0.25, -0.2) is 4.39 Å². The van der Waals surface area contributed by atoms with Gasteiger partial charge in [0.25, 0.3) is 0 Å². The number of aromatic nitrogens is 2. The van der Waals surface area contributed by atoms with Crippen LogP contribution < -0.4 is 9.47 Å². The molecule has 7 nitrogen and oxygen atoms in total. The average Bonchev–Trinajstić information content (AvgIpc) is 3.47. The molecule has 8 heteroatoms. The quantitative estimate of drug-likeness (QED) is 0.562. The predicted octanol–water partition coefficient (Wildman–Crippen LogP) is 4.10. The van der Waals surface area contributed by atoms with E-state index < -0.39 is 0 Å². The molecule has 0 bridgehead atoms. The first-order chi connectivity index (χ1) is 15.7. The number of benzene rings is 2. The van der Waals surface area contributed by atoms with E-state index in [0.717, 1.165) is 18.4 Å². The predicted molar refractivity (Wildman–Crippen MR) is 114 cm³/mol. The maximum atomic E-state index is 14.0. The summed E-state index contributed by atoms with van der Waals surface area (Å²) in [5, 5.41) is 3.92. The maximum absolute atomic E-state index is 14.0. The Hall–Kier alpha value is -3.68. The normalized spacial score (nSPS) is 17.8. The first-order valence-electron chi connectivity index (χ1n) is 10.6. The second-order valence-corrected chi connectivity index (χ2v) is 7.93. The summed E-state index contributed by atoms with van der Waals surface area (Å²) < 4.78 is 30.0. The zero-order valence-corrected chi connectivity index (χ0v) is 17.4. The lowest BCUT2D eigenvalue weighted by atomic mass is 9.94. The molecular formula is C24H22FN3O4. The maximum Gasteiger partial charge on any atom is 0.246 e. The van der Waals surface area contributed by atoms with Gasteiger partial charge in [-0.1, -0.05) is 23.4 Å². The van der Waals surface area contributed by atoms with E-state index in [2.05, 4.69) is 10.1 Å². The standard InChI is InChI=1S/C24H22FN3O4/c25-19-6-2-1-5-18(19)24-26-22(32-27-24)13-17-4-3-11-28(14-17)23(29)10-8-16-7-9-20-21(12-16)31-15-30-20/h1-2,5-10,12,17H,3-4,11,13-15H2. The number of nitrogens with zero attached hydrogens (tertiary/aromatic N) is 3. The van der Waals surface area contributed by atoms with Gasteiger partial charge in [0, 0.05) is 25.6 Å². The second kappa shape index (κ2) is 8.82. The number of ether oxygens (including phenoxy) is 2. The van der Waals surface area contributed by atoms with Crippen molar-refractivity contribution in [1.29, 1.82) is 0 Å². The van der Waals surface area contributed by atoms with Gasteiger partial charge in [-0.05, 0) is 54.7 Å². The fourth-order valence-electron chi connectivity index (χ4n) is 4.06. The van der Waals surface area contributed by atoms with Crippen LogP contribution in [0.25, 0.3) is 17.5 Å². The van der Waals surface area contributed by atoms with Crippen LogP contribution in [0, 0.1) is 11.7 Å². The molecule has 0 aliphatic carbocycles. The summed E-state index contributed by atoms with van der Waals surface area (Å²) in [7, 11) is 0. The van der Waals surface area contributed by atoms with Gasteiger partial charge in [-0.15, -0.1) is 0 Å². The Bertz CT molecular complexity index is 1160. The minimum atomic E-state index is -0.386. The van der Waals surface area contributed by atoms with Gasteiger partial charge in [0.1, 0.15) is 5.82 Å². The lowest BCUT2D eigenvalue weighted by Crippen LogP contribution is -2.39. The van der Waals surface area contributed by atoms with Gasteiger partial charge in [0.2, 0.25) is 24.4 Å². The number of hydrogen-bond acceptors (Lipinski definition) is 6. The van der Waals surface area contributed by atoms with E-state index in [9.17, 15) is 9.18 Å². The van der Waals surface area contributed by atoms with Crippen LogP contribution in [0.5, 0.6) is 11.5 Å². The van der Waals surface area contributed by atoms with Crippen molar-refractivity contribution in [2.75, 3.05) is 19.9 Å². The average molecular weight is 435 g/mol. The summed E-state index contributed by atoms with van der Waals surface area (Å²) in [6, 6.07) is 11.9. The Balaban J connectivity index is 1.20. The highest BCUT2D eigenvalue weighted by Crippen LogP contribution is 2.33. The Labute approximate surface area is 184 Å². The molecule has 164 valence electrons. The lowest BCUT2D eigenvalue weighted by molar-refractivity contribution is -0.127. The van der Waals surface area contributed by atoms with E-state index >= 15 is 0 Å². The van der Waals surface area contributed by atoms with E-state index in [1.54, 1.807) is 30.4 Å². The Morgan fingerprint density at radius 1 is 1.19 bits per heavy atom. The van der Waals surface area contributed by atoms with E-state index in [4.69, 9.17) is 14.0 Å². The highest BCUT2D eigenvalue weighted by Gasteiger charge is 2.25. The molecule has 2 aromatic carbocycles. The van der Waals surface area contributed by atoms with Crippen LogP contribution >= 0.6 is 0 Å².